The van der Waals surface area contributed by atoms with E-state index in [9.17, 15) is 43.2 Å². The van der Waals surface area contributed by atoms with Crippen LogP contribution in [0.1, 0.15) is 369 Å². The highest BCUT2D eigenvalue weighted by Gasteiger charge is 2.30. The summed E-state index contributed by atoms with van der Waals surface area (Å²) < 4.78 is 68.3. The Morgan fingerprint density at radius 3 is 0.835 bits per heavy atom. The third-order valence-electron chi connectivity index (χ3n) is 17.1. The Labute approximate surface area is 556 Å². The van der Waals surface area contributed by atoms with Gasteiger partial charge in [-0.2, -0.15) is 0 Å². The standard InChI is InChI=1S/C72H140O17P2/c1-7-10-12-14-16-28-36-42-48-54-69(74)82-60-67(88-71(76)56-50-44-38-29-17-15-13-11-8-2)62-86-90(78,79)84-58-66(73)59-85-91(80,81)87-63-68(61-83-70(75)55-49-43-37-32-27-26-31-35-41-47-53-65(6)9-3)89-72(77)57-51-45-39-33-25-23-21-19-18-20-22-24-30-34-40-46-52-64(4)5/h64-68,73H,7-63H2,1-6H3,(H,78,79)(H,80,81)/t65?,66-,67+,68+/m0/s1. The molecule has 0 spiro atoms. The zero-order chi connectivity index (χ0) is 67.2. The molecule has 19 heteroatoms. The Balaban J connectivity index is 5.20. The van der Waals surface area contributed by atoms with Crippen molar-refractivity contribution >= 4 is 39.5 Å². The van der Waals surface area contributed by atoms with Crippen LogP contribution in [0.25, 0.3) is 0 Å². The predicted octanol–water partition coefficient (Wildman–Crippen LogP) is 20.8. The molecule has 91 heavy (non-hydrogen) atoms. The first kappa shape index (κ1) is 89.1. The van der Waals surface area contributed by atoms with Gasteiger partial charge in [0, 0.05) is 25.7 Å². The molecule has 0 heterocycles. The average Bonchev–Trinajstić information content (AvgIpc) is 3.43. The number of rotatable bonds is 71. The van der Waals surface area contributed by atoms with E-state index in [0.29, 0.717) is 25.7 Å². The smallest absolute Gasteiger partial charge is 0.462 e. The SMILES string of the molecule is CCCCCCCCCCCC(=O)OC[C@H](COP(=O)(O)OC[C@H](O)COP(=O)(O)OC[C@@H](COC(=O)CCCCCCCCCCCCC(C)CC)OC(=O)CCCCCCCCCCCCCCCCCCC(C)C)OC(=O)CCCCCCCCCCC. The number of phosphoric ester groups is 2. The molecule has 0 aliphatic heterocycles. The van der Waals surface area contributed by atoms with Gasteiger partial charge < -0.3 is 33.8 Å². The van der Waals surface area contributed by atoms with Crippen LogP contribution in [-0.2, 0) is 65.4 Å². The van der Waals surface area contributed by atoms with Crippen molar-refractivity contribution in [1.29, 1.82) is 0 Å². The molecule has 3 N–H and O–H groups in total. The molecule has 0 bridgehead atoms. The molecule has 0 saturated heterocycles. The van der Waals surface area contributed by atoms with Crippen LogP contribution in [0, 0.1) is 11.8 Å². The average molecular weight is 1340 g/mol. The lowest BCUT2D eigenvalue weighted by atomic mass is 9.99. The molecule has 0 aromatic heterocycles. The van der Waals surface area contributed by atoms with Gasteiger partial charge in [-0.05, 0) is 37.5 Å². The van der Waals surface area contributed by atoms with Crippen molar-refractivity contribution in [2.75, 3.05) is 39.6 Å². The number of aliphatic hydroxyl groups is 1. The zero-order valence-corrected chi connectivity index (χ0v) is 60.9. The summed E-state index contributed by atoms with van der Waals surface area (Å²) in [6.07, 6.45) is 49.9. The molecule has 6 atom stereocenters. The van der Waals surface area contributed by atoms with Crippen molar-refractivity contribution in [2.24, 2.45) is 11.8 Å². The maximum atomic E-state index is 13.0. The monoisotopic (exact) mass is 1340 g/mol. The highest BCUT2D eigenvalue weighted by molar-refractivity contribution is 7.47. The van der Waals surface area contributed by atoms with Crippen LogP contribution in [-0.4, -0.2) is 96.7 Å². The fraction of sp³-hybridized carbons (Fsp3) is 0.944. The molecule has 0 fully saturated rings. The Hall–Kier alpha value is -1.94. The fourth-order valence-electron chi connectivity index (χ4n) is 10.9. The van der Waals surface area contributed by atoms with Crippen LogP contribution < -0.4 is 0 Å². The second-order valence-electron chi connectivity index (χ2n) is 26.7. The number of hydrogen-bond acceptors (Lipinski definition) is 15. The summed E-state index contributed by atoms with van der Waals surface area (Å²) in [4.78, 5) is 72.5. The van der Waals surface area contributed by atoms with Gasteiger partial charge in [-0.15, -0.1) is 0 Å². The van der Waals surface area contributed by atoms with E-state index < -0.39 is 97.5 Å². The number of ether oxygens (including phenoxy) is 4. The van der Waals surface area contributed by atoms with Crippen LogP contribution in [0.4, 0.5) is 0 Å². The molecule has 0 aliphatic rings. The Kier molecular flexibility index (Phi) is 62.7. The number of hydrogen-bond donors (Lipinski definition) is 3. The minimum atomic E-state index is -4.95. The van der Waals surface area contributed by atoms with E-state index in [4.69, 9.17) is 37.0 Å². The van der Waals surface area contributed by atoms with Crippen molar-refractivity contribution in [3.63, 3.8) is 0 Å². The molecule has 0 saturated carbocycles. The maximum Gasteiger partial charge on any atom is 0.472 e. The lowest BCUT2D eigenvalue weighted by Crippen LogP contribution is -2.30. The highest BCUT2D eigenvalue weighted by Crippen LogP contribution is 2.45. The molecular weight excluding hydrogens is 1200 g/mol. The van der Waals surface area contributed by atoms with Gasteiger partial charge in [-0.25, -0.2) is 9.13 Å². The van der Waals surface area contributed by atoms with E-state index in [1.165, 1.54) is 186 Å². The number of unbranched alkanes of at least 4 members (excludes halogenated alkanes) is 40. The fourth-order valence-corrected chi connectivity index (χ4v) is 12.5. The first-order valence-electron chi connectivity index (χ1n) is 37.5. The summed E-state index contributed by atoms with van der Waals surface area (Å²) in [6, 6.07) is 0. The highest BCUT2D eigenvalue weighted by atomic mass is 31.2. The van der Waals surface area contributed by atoms with Crippen molar-refractivity contribution in [3.8, 4) is 0 Å². The summed E-state index contributed by atoms with van der Waals surface area (Å²) in [5, 5.41) is 10.6. The van der Waals surface area contributed by atoms with E-state index in [2.05, 4.69) is 41.5 Å². The molecule has 17 nitrogen and oxygen atoms in total. The molecule has 0 rings (SSSR count). The minimum absolute atomic E-state index is 0.106. The molecular formula is C72H140O17P2. The van der Waals surface area contributed by atoms with Crippen LogP contribution in [0.2, 0.25) is 0 Å². The van der Waals surface area contributed by atoms with Gasteiger partial charge in [0.15, 0.2) is 12.2 Å². The second-order valence-corrected chi connectivity index (χ2v) is 29.6. The third-order valence-corrected chi connectivity index (χ3v) is 19.0. The molecule has 0 aromatic carbocycles. The van der Waals surface area contributed by atoms with Crippen molar-refractivity contribution in [3.05, 3.63) is 0 Å². The number of carbonyl (C=O) groups is 4. The van der Waals surface area contributed by atoms with E-state index in [-0.39, 0.29) is 25.7 Å². The second kappa shape index (κ2) is 64.1. The van der Waals surface area contributed by atoms with E-state index in [0.717, 1.165) is 102 Å². The molecule has 0 amide bonds. The van der Waals surface area contributed by atoms with Crippen LogP contribution >= 0.6 is 15.6 Å². The molecule has 0 aromatic rings. The first-order chi connectivity index (χ1) is 43.9. The van der Waals surface area contributed by atoms with Gasteiger partial charge in [-0.1, -0.05) is 318 Å². The number of aliphatic hydroxyl groups excluding tert-OH is 1. The lowest BCUT2D eigenvalue weighted by Gasteiger charge is -2.21. The summed E-state index contributed by atoms with van der Waals surface area (Å²) in [6.45, 7) is 9.59. The largest absolute Gasteiger partial charge is 0.472 e. The molecule has 0 aliphatic carbocycles. The summed E-state index contributed by atoms with van der Waals surface area (Å²) >= 11 is 0. The van der Waals surface area contributed by atoms with Gasteiger partial charge in [0.05, 0.1) is 26.4 Å². The van der Waals surface area contributed by atoms with Crippen LogP contribution in [0.15, 0.2) is 0 Å². The summed E-state index contributed by atoms with van der Waals surface area (Å²) in [5.41, 5.74) is 0. The third kappa shape index (κ3) is 65.1. The summed E-state index contributed by atoms with van der Waals surface area (Å²) in [5.74, 6) is -0.505. The van der Waals surface area contributed by atoms with Crippen molar-refractivity contribution in [1.82, 2.24) is 0 Å². The van der Waals surface area contributed by atoms with Crippen LogP contribution in [0.3, 0.4) is 0 Å². The van der Waals surface area contributed by atoms with Gasteiger partial charge in [0.25, 0.3) is 0 Å². The van der Waals surface area contributed by atoms with Gasteiger partial charge in [0.2, 0.25) is 0 Å². The minimum Gasteiger partial charge on any atom is -0.462 e. The van der Waals surface area contributed by atoms with Gasteiger partial charge in [0.1, 0.15) is 19.3 Å². The molecule has 3 unspecified atom stereocenters. The lowest BCUT2D eigenvalue weighted by molar-refractivity contribution is -0.161. The Morgan fingerprint density at radius 2 is 0.560 bits per heavy atom. The van der Waals surface area contributed by atoms with E-state index in [1.807, 2.05) is 0 Å². The van der Waals surface area contributed by atoms with E-state index >= 15 is 0 Å². The normalized spacial score (nSPS) is 14.4. The van der Waals surface area contributed by atoms with Crippen molar-refractivity contribution in [2.45, 2.75) is 387 Å². The Bertz CT molecular complexity index is 1770. The number of carbonyl (C=O) groups excluding carboxylic acids is 4. The van der Waals surface area contributed by atoms with E-state index in [1.54, 1.807) is 0 Å². The number of esters is 4. The van der Waals surface area contributed by atoms with Gasteiger partial charge in [-0.3, -0.25) is 37.3 Å². The van der Waals surface area contributed by atoms with Crippen molar-refractivity contribution < 1.29 is 80.2 Å². The Morgan fingerprint density at radius 1 is 0.319 bits per heavy atom. The van der Waals surface area contributed by atoms with Gasteiger partial charge >= 0.3 is 39.5 Å². The topological polar surface area (TPSA) is 237 Å². The zero-order valence-electron chi connectivity index (χ0n) is 59.1. The molecule has 0 radical (unpaired) electrons. The summed E-state index contributed by atoms with van der Waals surface area (Å²) in [7, 11) is -9.90. The quantitative estimate of drug-likeness (QED) is 0.0222. The predicted molar refractivity (Wildman–Crippen MR) is 368 cm³/mol. The first-order valence-corrected chi connectivity index (χ1v) is 40.5. The maximum absolute atomic E-state index is 13.0. The molecule has 540 valence electrons. The number of phosphoric acid groups is 2. The van der Waals surface area contributed by atoms with Crippen LogP contribution in [0.5, 0.6) is 0 Å².